The van der Waals surface area contributed by atoms with Gasteiger partial charge in [-0.15, -0.1) is 0 Å². The van der Waals surface area contributed by atoms with E-state index >= 15 is 0 Å². The highest BCUT2D eigenvalue weighted by atomic mass is 16.4. The van der Waals surface area contributed by atoms with Gasteiger partial charge in [-0.3, -0.25) is 24.2 Å². The van der Waals surface area contributed by atoms with Crippen molar-refractivity contribution in [2.24, 2.45) is 22.2 Å². The van der Waals surface area contributed by atoms with Gasteiger partial charge in [-0.05, 0) is 18.4 Å². The molecule has 0 radical (unpaired) electrons. The van der Waals surface area contributed by atoms with Gasteiger partial charge in [0, 0.05) is 13.0 Å². The van der Waals surface area contributed by atoms with E-state index in [0.29, 0.717) is 5.56 Å². The molecule has 0 saturated heterocycles. The predicted molar refractivity (Wildman–Crippen MR) is 131 cm³/mol. The molecule has 1 aromatic rings. The van der Waals surface area contributed by atoms with Crippen LogP contribution in [0.15, 0.2) is 35.3 Å². The van der Waals surface area contributed by atoms with Crippen LogP contribution in [0.1, 0.15) is 24.8 Å². The number of carboxylic acids is 2. The van der Waals surface area contributed by atoms with Crippen LogP contribution >= 0.6 is 0 Å². The Balaban J connectivity index is 2.99. The van der Waals surface area contributed by atoms with Crippen LogP contribution in [0.3, 0.4) is 0 Å². The van der Waals surface area contributed by atoms with Gasteiger partial charge in [0.05, 0.1) is 19.1 Å². The lowest BCUT2D eigenvalue weighted by Gasteiger charge is -2.24. The van der Waals surface area contributed by atoms with Gasteiger partial charge in [0.1, 0.15) is 18.1 Å². The molecule has 204 valence electrons. The Morgan fingerprint density at radius 1 is 0.865 bits per heavy atom. The average Bonchev–Trinajstić information content (AvgIpc) is 2.83. The smallest absolute Gasteiger partial charge is 0.326 e. The van der Waals surface area contributed by atoms with E-state index in [4.69, 9.17) is 22.3 Å². The minimum Gasteiger partial charge on any atom is -0.481 e. The summed E-state index contributed by atoms with van der Waals surface area (Å²) in [6, 6.07) is 2.91. The van der Waals surface area contributed by atoms with E-state index < -0.39 is 66.9 Å². The lowest BCUT2D eigenvalue weighted by molar-refractivity contribution is -0.142. The summed E-state index contributed by atoms with van der Waals surface area (Å²) in [7, 11) is 0. The highest BCUT2D eigenvalue weighted by Crippen LogP contribution is 2.06. The first-order valence-electron chi connectivity index (χ1n) is 11.3. The second kappa shape index (κ2) is 15.7. The third kappa shape index (κ3) is 11.8. The van der Waals surface area contributed by atoms with Crippen molar-refractivity contribution in [1.29, 1.82) is 0 Å². The first-order valence-corrected chi connectivity index (χ1v) is 11.3. The molecule has 0 heterocycles. The number of guanidine groups is 1. The van der Waals surface area contributed by atoms with Crippen LogP contribution in [-0.4, -0.2) is 88.3 Å². The number of nitrogens with two attached hydrogens (primary N) is 3. The number of aliphatic carboxylic acids is 2. The topological polar surface area (TPSA) is 273 Å². The fourth-order valence-corrected chi connectivity index (χ4v) is 3.12. The van der Waals surface area contributed by atoms with Crippen molar-refractivity contribution in [2.75, 3.05) is 13.2 Å². The number of carboxylic acid groups (broad SMARTS) is 2. The normalized spacial score (nSPS) is 13.8. The lowest BCUT2D eigenvalue weighted by atomic mass is 10.0. The van der Waals surface area contributed by atoms with Crippen molar-refractivity contribution in [2.45, 2.75) is 49.9 Å². The summed E-state index contributed by atoms with van der Waals surface area (Å²) in [5, 5.41) is 34.8. The molecule has 0 aromatic heterocycles. The Hall–Kier alpha value is -4.24. The summed E-state index contributed by atoms with van der Waals surface area (Å²) in [4.78, 5) is 64.0. The van der Waals surface area contributed by atoms with Crippen molar-refractivity contribution in [3.63, 3.8) is 0 Å². The summed E-state index contributed by atoms with van der Waals surface area (Å²) >= 11 is 0. The van der Waals surface area contributed by atoms with Gasteiger partial charge < -0.3 is 48.5 Å². The molecule has 4 unspecified atom stereocenters. The van der Waals surface area contributed by atoms with E-state index in [-0.39, 0.29) is 31.8 Å². The van der Waals surface area contributed by atoms with E-state index in [1.807, 2.05) is 0 Å². The number of benzene rings is 1. The molecule has 0 aliphatic heterocycles. The molecule has 0 spiro atoms. The van der Waals surface area contributed by atoms with Gasteiger partial charge in [-0.2, -0.15) is 0 Å². The molecular weight excluding hydrogens is 490 g/mol. The fraction of sp³-hybridized carbons (Fsp3) is 0.455. The molecule has 1 rings (SSSR count). The quantitative estimate of drug-likeness (QED) is 0.0585. The number of nitrogens with one attached hydrogen (secondary N) is 3. The zero-order valence-corrected chi connectivity index (χ0v) is 20.0. The van der Waals surface area contributed by atoms with E-state index in [1.54, 1.807) is 30.3 Å². The third-order valence-electron chi connectivity index (χ3n) is 5.02. The second-order valence-corrected chi connectivity index (χ2v) is 8.05. The summed E-state index contributed by atoms with van der Waals surface area (Å²) in [5.74, 6) is -5.58. The van der Waals surface area contributed by atoms with Crippen molar-refractivity contribution >= 4 is 35.6 Å². The zero-order chi connectivity index (χ0) is 28.0. The van der Waals surface area contributed by atoms with Crippen molar-refractivity contribution in [1.82, 2.24) is 16.0 Å². The standard InChI is InChI=1S/C22H33N7O8/c23-13(10-17(31)32)18(33)29-16(11-30)20(35)28-15(9-12-5-2-1-3-6-12)19(34)27-14(21(36)37)7-4-8-26-22(24)25/h1-3,5-6,13-16,30H,4,7-11,23H2,(H,27,34)(H,28,35)(H,29,33)(H,31,32)(H,36,37)(H4,24,25,26). The maximum atomic E-state index is 13.0. The van der Waals surface area contributed by atoms with E-state index in [9.17, 15) is 34.2 Å². The number of aliphatic imine (C=N–C) groups is 1. The molecule has 0 aliphatic rings. The number of amides is 3. The number of hydrogen-bond acceptors (Lipinski definition) is 8. The van der Waals surface area contributed by atoms with Crippen LogP contribution in [0.4, 0.5) is 0 Å². The van der Waals surface area contributed by atoms with Crippen LogP contribution in [0.5, 0.6) is 0 Å². The molecule has 0 saturated carbocycles. The maximum absolute atomic E-state index is 13.0. The molecule has 4 atom stereocenters. The van der Waals surface area contributed by atoms with Crippen LogP contribution in [0, 0.1) is 0 Å². The largest absolute Gasteiger partial charge is 0.481 e. The second-order valence-electron chi connectivity index (χ2n) is 8.05. The molecule has 1 aromatic carbocycles. The molecule has 15 nitrogen and oxygen atoms in total. The Morgan fingerprint density at radius 2 is 1.43 bits per heavy atom. The van der Waals surface area contributed by atoms with Crippen LogP contribution < -0.4 is 33.2 Å². The summed E-state index contributed by atoms with van der Waals surface area (Å²) in [5.41, 5.74) is 16.6. The van der Waals surface area contributed by atoms with Crippen molar-refractivity contribution in [3.8, 4) is 0 Å². The molecule has 0 fully saturated rings. The zero-order valence-electron chi connectivity index (χ0n) is 20.0. The average molecular weight is 524 g/mol. The number of carbonyl (C=O) groups excluding carboxylic acids is 3. The predicted octanol–water partition coefficient (Wildman–Crippen LogP) is -3.38. The Bertz CT molecular complexity index is 969. The van der Waals surface area contributed by atoms with Gasteiger partial charge in [0.2, 0.25) is 17.7 Å². The molecule has 15 heteroatoms. The van der Waals surface area contributed by atoms with E-state index in [2.05, 4.69) is 20.9 Å². The SMILES string of the molecule is NC(N)=NCCCC(NC(=O)C(Cc1ccccc1)NC(=O)C(CO)NC(=O)C(N)CC(=O)O)C(=O)O. The highest BCUT2D eigenvalue weighted by Gasteiger charge is 2.30. The van der Waals surface area contributed by atoms with Crippen LogP contribution in [-0.2, 0) is 30.4 Å². The minimum atomic E-state index is -1.55. The molecular formula is C22H33N7O8. The molecule has 37 heavy (non-hydrogen) atoms. The van der Waals surface area contributed by atoms with Gasteiger partial charge >= 0.3 is 11.9 Å². The van der Waals surface area contributed by atoms with E-state index in [0.717, 1.165) is 0 Å². The van der Waals surface area contributed by atoms with Crippen molar-refractivity contribution in [3.05, 3.63) is 35.9 Å². The third-order valence-corrected chi connectivity index (χ3v) is 5.02. The van der Waals surface area contributed by atoms with Crippen LogP contribution in [0.25, 0.3) is 0 Å². The molecule has 3 amide bonds. The van der Waals surface area contributed by atoms with E-state index in [1.165, 1.54) is 0 Å². The number of aliphatic hydroxyl groups excluding tert-OH is 1. The number of nitrogens with zero attached hydrogens (tertiary/aromatic N) is 1. The number of rotatable bonds is 16. The Kier molecular flexibility index (Phi) is 13.1. The lowest BCUT2D eigenvalue weighted by Crippen LogP contribution is -2.58. The molecule has 0 aliphatic carbocycles. The van der Waals surface area contributed by atoms with Gasteiger partial charge in [-0.25, -0.2) is 4.79 Å². The van der Waals surface area contributed by atoms with Crippen LogP contribution in [0.2, 0.25) is 0 Å². The van der Waals surface area contributed by atoms with Gasteiger partial charge in [0.25, 0.3) is 0 Å². The minimum absolute atomic E-state index is 0.000640. The van der Waals surface area contributed by atoms with Gasteiger partial charge in [0.15, 0.2) is 5.96 Å². The Morgan fingerprint density at radius 3 is 1.97 bits per heavy atom. The fourth-order valence-electron chi connectivity index (χ4n) is 3.12. The number of aliphatic hydroxyl groups is 1. The Labute approximate surface area is 212 Å². The molecule has 0 bridgehead atoms. The number of hydrogen-bond donors (Lipinski definition) is 9. The number of carbonyl (C=O) groups is 5. The maximum Gasteiger partial charge on any atom is 0.326 e. The summed E-state index contributed by atoms with van der Waals surface area (Å²) in [6.07, 6.45) is -0.492. The summed E-state index contributed by atoms with van der Waals surface area (Å²) < 4.78 is 0. The first kappa shape index (κ1) is 30.8. The summed E-state index contributed by atoms with van der Waals surface area (Å²) in [6.45, 7) is -0.729. The van der Waals surface area contributed by atoms with Gasteiger partial charge in [-0.1, -0.05) is 30.3 Å². The van der Waals surface area contributed by atoms with Crippen molar-refractivity contribution < 1.29 is 39.3 Å². The highest BCUT2D eigenvalue weighted by molar-refractivity contribution is 5.94. The monoisotopic (exact) mass is 523 g/mol. The molecule has 12 N–H and O–H groups in total. The first-order chi connectivity index (χ1) is 17.4.